The van der Waals surface area contributed by atoms with Crippen molar-refractivity contribution >= 4 is 5.97 Å². The zero-order valence-electron chi connectivity index (χ0n) is 14.0. The van der Waals surface area contributed by atoms with Crippen LogP contribution in [0.15, 0.2) is 55.0 Å². The van der Waals surface area contributed by atoms with E-state index in [4.69, 9.17) is 10.5 Å². The molecule has 0 aliphatic heterocycles. The standard InChI is InChI=1S/C19H23N3O2/c1-3-17(21-12-11-20)18-10-9-16(13-22-18)14-5-7-15(8-6-14)19(23)24-4-2/h5-13,17,21H,3-4,20H2,1-2H3/b12-11-. The molecule has 1 atom stereocenters. The van der Waals surface area contributed by atoms with Gasteiger partial charge in [-0.15, -0.1) is 0 Å². The van der Waals surface area contributed by atoms with Crippen LogP contribution in [-0.2, 0) is 4.74 Å². The van der Waals surface area contributed by atoms with Gasteiger partial charge in [-0.25, -0.2) is 4.79 Å². The summed E-state index contributed by atoms with van der Waals surface area (Å²) in [4.78, 5) is 16.2. The summed E-state index contributed by atoms with van der Waals surface area (Å²) in [6.07, 6.45) is 5.94. The van der Waals surface area contributed by atoms with Crippen LogP contribution in [-0.4, -0.2) is 17.6 Å². The third-order valence-electron chi connectivity index (χ3n) is 3.67. The molecule has 5 heteroatoms. The van der Waals surface area contributed by atoms with Crippen molar-refractivity contribution in [2.45, 2.75) is 26.3 Å². The highest BCUT2D eigenvalue weighted by Crippen LogP contribution is 2.22. The molecule has 1 unspecified atom stereocenters. The van der Waals surface area contributed by atoms with Crippen LogP contribution in [0.2, 0.25) is 0 Å². The van der Waals surface area contributed by atoms with Crippen molar-refractivity contribution in [2.75, 3.05) is 6.61 Å². The zero-order valence-corrected chi connectivity index (χ0v) is 14.0. The number of carbonyl (C=O) groups is 1. The maximum absolute atomic E-state index is 11.7. The highest BCUT2D eigenvalue weighted by molar-refractivity contribution is 5.90. The highest BCUT2D eigenvalue weighted by Gasteiger charge is 2.10. The fourth-order valence-corrected chi connectivity index (χ4v) is 2.38. The number of rotatable bonds is 7. The van der Waals surface area contributed by atoms with Crippen molar-refractivity contribution in [1.82, 2.24) is 10.3 Å². The first kappa shape index (κ1) is 17.5. The normalized spacial score (nSPS) is 12.1. The molecule has 0 saturated heterocycles. The van der Waals surface area contributed by atoms with E-state index in [-0.39, 0.29) is 12.0 Å². The fourth-order valence-electron chi connectivity index (χ4n) is 2.38. The number of ether oxygens (including phenoxy) is 1. The van der Waals surface area contributed by atoms with Crippen molar-refractivity contribution < 1.29 is 9.53 Å². The second-order valence-electron chi connectivity index (χ2n) is 5.26. The molecule has 0 radical (unpaired) electrons. The molecule has 1 aromatic heterocycles. The Morgan fingerprint density at radius 2 is 1.92 bits per heavy atom. The Kier molecular flexibility index (Phi) is 6.37. The number of nitrogens with one attached hydrogen (secondary N) is 1. The summed E-state index contributed by atoms with van der Waals surface area (Å²) in [7, 11) is 0. The summed E-state index contributed by atoms with van der Waals surface area (Å²) in [6, 6.07) is 11.5. The van der Waals surface area contributed by atoms with Gasteiger partial charge in [0.05, 0.1) is 23.9 Å². The summed E-state index contributed by atoms with van der Waals surface area (Å²) in [5.41, 5.74) is 8.88. The second-order valence-corrected chi connectivity index (χ2v) is 5.26. The van der Waals surface area contributed by atoms with Gasteiger partial charge in [0.15, 0.2) is 0 Å². The quantitative estimate of drug-likeness (QED) is 0.763. The predicted molar refractivity (Wildman–Crippen MR) is 95.1 cm³/mol. The fraction of sp³-hybridized carbons (Fsp3) is 0.263. The number of pyridine rings is 1. The van der Waals surface area contributed by atoms with Gasteiger partial charge in [0, 0.05) is 24.2 Å². The van der Waals surface area contributed by atoms with E-state index in [1.165, 1.54) is 6.20 Å². The van der Waals surface area contributed by atoms with Crippen LogP contribution in [0, 0.1) is 0 Å². The van der Waals surface area contributed by atoms with Crippen LogP contribution >= 0.6 is 0 Å². The number of carbonyl (C=O) groups excluding carboxylic acids is 1. The number of nitrogens with zero attached hydrogens (tertiary/aromatic N) is 1. The summed E-state index contributed by atoms with van der Waals surface area (Å²) in [5.74, 6) is -0.303. The Morgan fingerprint density at radius 1 is 1.21 bits per heavy atom. The number of hydrogen-bond donors (Lipinski definition) is 2. The van der Waals surface area contributed by atoms with E-state index in [0.717, 1.165) is 23.2 Å². The largest absolute Gasteiger partial charge is 0.462 e. The first-order valence-corrected chi connectivity index (χ1v) is 8.05. The second kappa shape index (κ2) is 8.72. The minimum atomic E-state index is -0.303. The summed E-state index contributed by atoms with van der Waals surface area (Å²) >= 11 is 0. The first-order chi connectivity index (χ1) is 11.7. The molecular weight excluding hydrogens is 302 g/mol. The lowest BCUT2D eigenvalue weighted by molar-refractivity contribution is 0.0526. The number of aromatic nitrogens is 1. The summed E-state index contributed by atoms with van der Waals surface area (Å²) in [5, 5.41) is 3.21. The van der Waals surface area contributed by atoms with Crippen LogP contribution in [0.25, 0.3) is 11.1 Å². The molecule has 126 valence electrons. The SMILES string of the molecule is CCOC(=O)c1ccc(-c2ccc(C(CC)N/C=C\N)nc2)cc1. The first-order valence-electron chi connectivity index (χ1n) is 8.05. The van der Waals surface area contributed by atoms with Crippen LogP contribution in [0.1, 0.15) is 42.4 Å². The maximum atomic E-state index is 11.7. The molecule has 0 fully saturated rings. The molecule has 0 aliphatic carbocycles. The smallest absolute Gasteiger partial charge is 0.338 e. The molecule has 24 heavy (non-hydrogen) atoms. The van der Waals surface area contributed by atoms with Crippen LogP contribution < -0.4 is 11.1 Å². The van der Waals surface area contributed by atoms with Crippen molar-refractivity contribution in [3.8, 4) is 11.1 Å². The number of nitrogens with two attached hydrogens (primary N) is 1. The lowest BCUT2D eigenvalue weighted by Gasteiger charge is -2.15. The van der Waals surface area contributed by atoms with Gasteiger partial charge < -0.3 is 15.8 Å². The van der Waals surface area contributed by atoms with E-state index < -0.39 is 0 Å². The minimum absolute atomic E-state index is 0.130. The number of hydrogen-bond acceptors (Lipinski definition) is 5. The Morgan fingerprint density at radius 3 is 2.46 bits per heavy atom. The van der Waals surface area contributed by atoms with Crippen molar-refractivity contribution in [2.24, 2.45) is 5.73 Å². The van der Waals surface area contributed by atoms with E-state index >= 15 is 0 Å². The van der Waals surface area contributed by atoms with Gasteiger partial charge in [-0.1, -0.05) is 25.1 Å². The van der Waals surface area contributed by atoms with Gasteiger partial charge in [0.25, 0.3) is 0 Å². The minimum Gasteiger partial charge on any atom is -0.462 e. The van der Waals surface area contributed by atoms with E-state index in [9.17, 15) is 4.79 Å². The third-order valence-corrected chi connectivity index (χ3v) is 3.67. The van der Waals surface area contributed by atoms with Crippen molar-refractivity contribution in [1.29, 1.82) is 0 Å². The zero-order chi connectivity index (χ0) is 17.4. The molecule has 2 aromatic rings. The molecule has 1 heterocycles. The Balaban J connectivity index is 2.14. The van der Waals surface area contributed by atoms with Crippen molar-refractivity contribution in [3.05, 3.63) is 66.3 Å². The van der Waals surface area contributed by atoms with Gasteiger partial charge in [-0.3, -0.25) is 4.98 Å². The predicted octanol–water partition coefficient (Wildman–Crippen LogP) is 3.40. The Labute approximate surface area is 142 Å². The topological polar surface area (TPSA) is 77.2 Å². The van der Waals surface area contributed by atoms with Gasteiger partial charge in [-0.05, 0) is 37.1 Å². The van der Waals surface area contributed by atoms with Gasteiger partial charge in [0.1, 0.15) is 0 Å². The van der Waals surface area contributed by atoms with Crippen LogP contribution in [0.5, 0.6) is 0 Å². The number of benzene rings is 1. The molecule has 0 saturated carbocycles. The average molecular weight is 325 g/mol. The van der Waals surface area contributed by atoms with E-state index in [0.29, 0.717) is 12.2 Å². The van der Waals surface area contributed by atoms with Gasteiger partial charge >= 0.3 is 5.97 Å². The van der Waals surface area contributed by atoms with Gasteiger partial charge in [-0.2, -0.15) is 0 Å². The highest BCUT2D eigenvalue weighted by atomic mass is 16.5. The van der Waals surface area contributed by atoms with Crippen LogP contribution in [0.4, 0.5) is 0 Å². The molecule has 0 amide bonds. The molecular formula is C19H23N3O2. The molecule has 1 aromatic carbocycles. The molecule has 3 N–H and O–H groups in total. The molecule has 0 bridgehead atoms. The molecule has 0 spiro atoms. The van der Waals surface area contributed by atoms with E-state index in [1.807, 2.05) is 30.5 Å². The molecule has 2 rings (SSSR count). The van der Waals surface area contributed by atoms with Crippen LogP contribution in [0.3, 0.4) is 0 Å². The Hall–Kier alpha value is -2.82. The van der Waals surface area contributed by atoms with E-state index in [1.54, 1.807) is 25.3 Å². The lowest BCUT2D eigenvalue weighted by Crippen LogP contribution is -2.16. The lowest BCUT2D eigenvalue weighted by atomic mass is 10.0. The maximum Gasteiger partial charge on any atom is 0.338 e. The monoisotopic (exact) mass is 325 g/mol. The van der Waals surface area contributed by atoms with Crippen molar-refractivity contribution in [3.63, 3.8) is 0 Å². The summed E-state index contributed by atoms with van der Waals surface area (Å²) < 4.78 is 4.99. The third kappa shape index (κ3) is 4.35. The number of esters is 1. The molecule has 0 aliphatic rings. The average Bonchev–Trinajstić information content (AvgIpc) is 2.63. The van der Waals surface area contributed by atoms with E-state index in [2.05, 4.69) is 17.2 Å². The summed E-state index contributed by atoms with van der Waals surface area (Å²) in [6.45, 7) is 4.25. The Bertz CT molecular complexity index is 679. The molecule has 5 nitrogen and oxygen atoms in total. The van der Waals surface area contributed by atoms with Gasteiger partial charge in [0.2, 0.25) is 0 Å².